The van der Waals surface area contributed by atoms with E-state index in [-0.39, 0.29) is 30.3 Å². The van der Waals surface area contributed by atoms with Crippen LogP contribution in [-0.4, -0.2) is 65.0 Å². The highest BCUT2D eigenvalue weighted by atomic mass is 35.5. The summed E-state index contributed by atoms with van der Waals surface area (Å²) in [5, 5.41) is 3.45. The number of nitrogens with zero attached hydrogens (tertiary/aromatic N) is 4. The van der Waals surface area contributed by atoms with Gasteiger partial charge in [-0.2, -0.15) is 0 Å². The normalized spacial score (nSPS) is 16.5. The van der Waals surface area contributed by atoms with Crippen molar-refractivity contribution in [2.24, 2.45) is 0 Å². The van der Waals surface area contributed by atoms with Crippen LogP contribution in [0.4, 0.5) is 31.2 Å². The topological polar surface area (TPSA) is 106 Å². The van der Waals surface area contributed by atoms with Gasteiger partial charge in [0.05, 0.1) is 48.7 Å². The van der Waals surface area contributed by atoms with Gasteiger partial charge in [0.1, 0.15) is 23.5 Å². The molecule has 0 saturated carbocycles. The first-order valence-electron chi connectivity index (χ1n) is 11.5. The molecule has 0 unspecified atom stereocenters. The van der Waals surface area contributed by atoms with Gasteiger partial charge >= 0.3 is 12.2 Å². The van der Waals surface area contributed by atoms with E-state index in [2.05, 4.69) is 15.3 Å². The zero-order valence-electron chi connectivity index (χ0n) is 20.7. The van der Waals surface area contributed by atoms with E-state index in [0.717, 1.165) is 0 Å². The fraction of sp³-hybridized carbons (Fsp3) is 0.360. The van der Waals surface area contributed by atoms with E-state index in [4.69, 9.17) is 25.8 Å². The van der Waals surface area contributed by atoms with Crippen molar-refractivity contribution in [2.75, 3.05) is 37.0 Å². The SMILES string of the molecule is COc1cc2ncnc(Nc3cccc(Cl)c3F)c2cc1N1CC2(CN(C(=O)OC(C)(C)C)C2)OC1=O. The van der Waals surface area contributed by atoms with Gasteiger partial charge in [-0.25, -0.2) is 23.9 Å². The summed E-state index contributed by atoms with van der Waals surface area (Å²) in [6.07, 6.45) is 0.302. The molecule has 1 aromatic heterocycles. The largest absolute Gasteiger partial charge is 0.494 e. The van der Waals surface area contributed by atoms with E-state index in [0.29, 0.717) is 28.2 Å². The molecular formula is C25H25ClFN5O5. The molecule has 2 aromatic carbocycles. The van der Waals surface area contributed by atoms with E-state index < -0.39 is 29.2 Å². The van der Waals surface area contributed by atoms with Crippen LogP contribution in [0.1, 0.15) is 20.8 Å². The molecule has 2 saturated heterocycles. The minimum absolute atomic E-state index is 0.0308. The number of fused-ring (bicyclic) bond motifs is 1. The number of likely N-dealkylation sites (tertiary alicyclic amines) is 1. The molecule has 0 radical (unpaired) electrons. The Morgan fingerprint density at radius 3 is 2.68 bits per heavy atom. The lowest BCUT2D eigenvalue weighted by atomic mass is 9.94. The molecule has 0 atom stereocenters. The van der Waals surface area contributed by atoms with Crippen molar-refractivity contribution in [3.8, 4) is 5.75 Å². The number of carbonyl (C=O) groups is 2. The molecule has 37 heavy (non-hydrogen) atoms. The summed E-state index contributed by atoms with van der Waals surface area (Å²) in [4.78, 5) is 36.8. The van der Waals surface area contributed by atoms with Gasteiger partial charge in [0, 0.05) is 11.5 Å². The standard InChI is InChI=1S/C25H25ClFN5O5/c1-24(2,3)36-22(33)31-10-25(11-31)12-32(23(34)37-25)18-8-14-17(9-19(18)35-4)28-13-29-21(14)30-16-7-5-6-15(26)20(16)27/h5-9,13H,10-12H2,1-4H3,(H,28,29,30). The second kappa shape index (κ2) is 8.91. The van der Waals surface area contributed by atoms with Crippen LogP contribution in [0.2, 0.25) is 5.02 Å². The minimum atomic E-state index is -0.855. The molecule has 5 rings (SSSR count). The van der Waals surface area contributed by atoms with Crippen LogP contribution in [0.25, 0.3) is 10.9 Å². The molecule has 1 spiro atoms. The van der Waals surface area contributed by atoms with Gasteiger partial charge in [-0.05, 0) is 39.0 Å². The number of nitrogens with one attached hydrogen (secondary N) is 1. The van der Waals surface area contributed by atoms with Crippen molar-refractivity contribution in [2.45, 2.75) is 32.0 Å². The Labute approximate surface area is 217 Å². The van der Waals surface area contributed by atoms with Crippen molar-refractivity contribution in [3.63, 3.8) is 0 Å². The summed E-state index contributed by atoms with van der Waals surface area (Å²) < 4.78 is 31.2. The van der Waals surface area contributed by atoms with E-state index >= 15 is 0 Å². The Kier molecular flexibility index (Phi) is 5.98. The Hall–Kier alpha value is -3.86. The maximum Gasteiger partial charge on any atom is 0.415 e. The minimum Gasteiger partial charge on any atom is -0.494 e. The molecule has 2 aliphatic rings. The lowest BCUT2D eigenvalue weighted by Gasteiger charge is -2.45. The molecule has 2 fully saturated rings. The number of aromatic nitrogens is 2. The maximum atomic E-state index is 14.5. The summed E-state index contributed by atoms with van der Waals surface area (Å²) in [6, 6.07) is 7.95. The molecule has 2 amide bonds. The number of methoxy groups -OCH3 is 1. The number of rotatable bonds is 4. The third-order valence-electron chi connectivity index (χ3n) is 6.01. The zero-order chi connectivity index (χ0) is 26.5. The number of hydrogen-bond acceptors (Lipinski definition) is 8. The van der Waals surface area contributed by atoms with Crippen molar-refractivity contribution in [3.05, 3.63) is 47.5 Å². The van der Waals surface area contributed by atoms with Crippen LogP contribution in [0.15, 0.2) is 36.7 Å². The molecule has 0 aliphatic carbocycles. The second-order valence-electron chi connectivity index (χ2n) is 9.96. The molecule has 3 aromatic rings. The quantitative estimate of drug-likeness (QED) is 0.496. The first-order chi connectivity index (χ1) is 17.5. The van der Waals surface area contributed by atoms with Crippen LogP contribution < -0.4 is 15.0 Å². The number of halogens is 2. The smallest absolute Gasteiger partial charge is 0.415 e. The van der Waals surface area contributed by atoms with Crippen molar-refractivity contribution in [1.29, 1.82) is 0 Å². The number of benzene rings is 2. The van der Waals surface area contributed by atoms with Crippen LogP contribution >= 0.6 is 11.6 Å². The van der Waals surface area contributed by atoms with Gasteiger partial charge in [-0.15, -0.1) is 0 Å². The van der Waals surface area contributed by atoms with Crippen LogP contribution in [0.3, 0.4) is 0 Å². The first-order valence-corrected chi connectivity index (χ1v) is 11.9. The monoisotopic (exact) mass is 529 g/mol. The molecule has 194 valence electrons. The molecule has 0 bridgehead atoms. The van der Waals surface area contributed by atoms with Crippen LogP contribution in [0, 0.1) is 5.82 Å². The zero-order valence-corrected chi connectivity index (χ0v) is 21.4. The highest BCUT2D eigenvalue weighted by Crippen LogP contribution is 2.41. The number of hydrogen-bond donors (Lipinski definition) is 1. The highest BCUT2D eigenvalue weighted by molar-refractivity contribution is 6.31. The van der Waals surface area contributed by atoms with Crippen LogP contribution in [-0.2, 0) is 9.47 Å². The van der Waals surface area contributed by atoms with Gasteiger partial charge in [-0.3, -0.25) is 9.80 Å². The number of anilines is 3. The maximum absolute atomic E-state index is 14.5. The van der Waals surface area contributed by atoms with E-state index in [1.54, 1.807) is 39.0 Å². The molecule has 10 nitrogen and oxygen atoms in total. The predicted octanol–water partition coefficient (Wildman–Crippen LogP) is 5.12. The summed E-state index contributed by atoms with van der Waals surface area (Å²) in [5.74, 6) is 0.0924. The summed E-state index contributed by atoms with van der Waals surface area (Å²) in [6.45, 7) is 5.99. The average Bonchev–Trinajstić information content (AvgIpc) is 3.17. The molecule has 2 aliphatic heterocycles. The second-order valence-corrected chi connectivity index (χ2v) is 10.4. The fourth-order valence-electron chi connectivity index (χ4n) is 4.35. The Bertz CT molecular complexity index is 1410. The third-order valence-corrected chi connectivity index (χ3v) is 6.30. The van der Waals surface area contributed by atoms with Gasteiger partial charge in [0.25, 0.3) is 0 Å². The molecule has 3 heterocycles. The Balaban J connectivity index is 1.44. The average molecular weight is 530 g/mol. The molecule has 12 heteroatoms. The lowest BCUT2D eigenvalue weighted by Crippen LogP contribution is -2.66. The molecular weight excluding hydrogens is 505 g/mol. The summed E-state index contributed by atoms with van der Waals surface area (Å²) >= 11 is 5.92. The van der Waals surface area contributed by atoms with Gasteiger partial charge in [0.2, 0.25) is 0 Å². The number of amides is 2. The first kappa shape index (κ1) is 24.8. The van der Waals surface area contributed by atoms with Gasteiger partial charge in [-0.1, -0.05) is 17.7 Å². The van der Waals surface area contributed by atoms with E-state index in [1.807, 2.05) is 0 Å². The Morgan fingerprint density at radius 1 is 1.22 bits per heavy atom. The number of ether oxygens (including phenoxy) is 3. The van der Waals surface area contributed by atoms with Crippen molar-refractivity contribution in [1.82, 2.24) is 14.9 Å². The van der Waals surface area contributed by atoms with Crippen LogP contribution in [0.5, 0.6) is 5.75 Å². The van der Waals surface area contributed by atoms with Crippen molar-refractivity contribution < 1.29 is 28.2 Å². The van der Waals surface area contributed by atoms with E-state index in [1.165, 1.54) is 35.4 Å². The van der Waals surface area contributed by atoms with Crippen molar-refractivity contribution >= 4 is 51.9 Å². The van der Waals surface area contributed by atoms with Gasteiger partial charge < -0.3 is 19.5 Å². The fourth-order valence-corrected chi connectivity index (χ4v) is 4.53. The molecule has 1 N–H and O–H groups in total. The highest BCUT2D eigenvalue weighted by Gasteiger charge is 2.56. The third kappa shape index (κ3) is 4.66. The van der Waals surface area contributed by atoms with Gasteiger partial charge in [0.15, 0.2) is 11.4 Å². The Morgan fingerprint density at radius 2 is 1.97 bits per heavy atom. The predicted molar refractivity (Wildman–Crippen MR) is 135 cm³/mol. The lowest BCUT2D eigenvalue weighted by molar-refractivity contribution is -0.0779. The van der Waals surface area contributed by atoms with E-state index in [9.17, 15) is 14.0 Å². The summed E-state index contributed by atoms with van der Waals surface area (Å²) in [5.41, 5.74) is -0.398. The summed E-state index contributed by atoms with van der Waals surface area (Å²) in [7, 11) is 1.48. The number of carbonyl (C=O) groups excluding carboxylic acids is 2.